The molecule has 0 bridgehead atoms. The Morgan fingerprint density at radius 3 is 1.79 bits per heavy atom. The van der Waals surface area contributed by atoms with Crippen molar-refractivity contribution in [2.45, 2.75) is 66.2 Å². The van der Waals surface area contributed by atoms with E-state index in [1.165, 1.54) is 61.8 Å². The summed E-state index contributed by atoms with van der Waals surface area (Å²) < 4.78 is 37.6. The van der Waals surface area contributed by atoms with E-state index in [9.17, 15) is 0 Å². The van der Waals surface area contributed by atoms with Crippen LogP contribution < -0.4 is 16.4 Å². The van der Waals surface area contributed by atoms with Gasteiger partial charge in [0.05, 0.1) is 22.3 Å². The molecule has 0 aliphatic carbocycles. The highest BCUT2D eigenvalue weighted by atomic mass is 19.1. The third-order valence-corrected chi connectivity index (χ3v) is 14.2. The highest BCUT2D eigenvalue weighted by Crippen LogP contribution is 2.49. The van der Waals surface area contributed by atoms with Gasteiger partial charge in [-0.15, -0.1) is 0 Å². The molecule has 12 rings (SSSR count). The molecule has 0 fully saturated rings. The molecule has 0 radical (unpaired) electrons. The largest absolute Gasteiger partial charge is 0.310 e. The fraction of sp³-hybridized carbons (Fsp3) is 0.172. The minimum Gasteiger partial charge on any atom is -0.310 e. The molecule has 2 aliphatic heterocycles. The maximum Gasteiger partial charge on any atom is 0.253 e. The summed E-state index contributed by atoms with van der Waals surface area (Å²) in [6, 6.07) is 48.7. The molecule has 2 nitrogen and oxygen atoms in total. The summed E-state index contributed by atoms with van der Waals surface area (Å²) in [4.78, 5) is 0. The van der Waals surface area contributed by atoms with Gasteiger partial charge < -0.3 is 9.13 Å². The van der Waals surface area contributed by atoms with E-state index in [0.717, 1.165) is 72.3 Å². The van der Waals surface area contributed by atoms with Crippen LogP contribution in [0.3, 0.4) is 0 Å². The predicted molar refractivity (Wildman–Crippen MR) is 263 cm³/mol. The van der Waals surface area contributed by atoms with Crippen molar-refractivity contribution >= 4 is 66.6 Å². The molecule has 0 N–H and O–H groups in total. The van der Waals surface area contributed by atoms with Crippen molar-refractivity contribution in [3.8, 4) is 44.9 Å². The number of hydrogen-bond donors (Lipinski definition) is 0. The number of rotatable bonds is 3. The molecular weight excluding hydrogens is 773 g/mol. The second-order valence-electron chi connectivity index (χ2n) is 20.1. The third kappa shape index (κ3) is 5.23. The van der Waals surface area contributed by atoms with Gasteiger partial charge in [0, 0.05) is 44.2 Å². The second kappa shape index (κ2) is 12.9. The quantitative estimate of drug-likeness (QED) is 0.157. The van der Waals surface area contributed by atoms with E-state index in [1.54, 1.807) is 0 Å². The van der Waals surface area contributed by atoms with Gasteiger partial charge in [-0.1, -0.05) is 133 Å². The standard InChI is InChI=1S/C58H47BF2N2/c1-32-16-14-17-33(2)49(32)56-50(34-18-10-9-11-19-34)42-26-35-20-12-13-21-39(35)52-55(42)63(56)48-28-36(51-44(60)22-15-23-45(51)61)27-47-53(48)59(52)43-31-38(58(6,7)8)30-41-40-29-37(57(3,4)5)24-25-46(40)62(47)54(41)43/h9-31H,1-8H3. The van der Waals surface area contributed by atoms with Crippen LogP contribution in [0.25, 0.3) is 88.4 Å². The van der Waals surface area contributed by atoms with Crippen molar-refractivity contribution in [2.75, 3.05) is 0 Å². The number of fused-ring (bicyclic) bond motifs is 9. The molecule has 8 aromatic carbocycles. The van der Waals surface area contributed by atoms with E-state index in [4.69, 9.17) is 0 Å². The van der Waals surface area contributed by atoms with E-state index < -0.39 is 11.6 Å². The van der Waals surface area contributed by atoms with Crippen LogP contribution in [0.5, 0.6) is 0 Å². The fourth-order valence-corrected chi connectivity index (χ4v) is 11.2. The number of nitrogens with zero attached hydrogens (tertiary/aromatic N) is 2. The van der Waals surface area contributed by atoms with Crippen molar-refractivity contribution < 1.29 is 8.78 Å². The van der Waals surface area contributed by atoms with Gasteiger partial charge in [-0.25, -0.2) is 8.78 Å². The van der Waals surface area contributed by atoms with E-state index in [2.05, 4.69) is 186 Å². The van der Waals surface area contributed by atoms with Crippen LogP contribution in [0.2, 0.25) is 0 Å². The average molecular weight is 821 g/mol. The van der Waals surface area contributed by atoms with Crippen LogP contribution in [0.4, 0.5) is 8.78 Å². The van der Waals surface area contributed by atoms with Crippen LogP contribution in [-0.2, 0) is 10.8 Å². The first-order valence-corrected chi connectivity index (χ1v) is 22.2. The molecule has 0 saturated carbocycles. The third-order valence-electron chi connectivity index (χ3n) is 14.2. The lowest BCUT2D eigenvalue weighted by Crippen LogP contribution is -2.60. The molecule has 2 aromatic heterocycles. The van der Waals surface area contributed by atoms with Crippen LogP contribution >= 0.6 is 0 Å². The molecule has 2 aliphatic rings. The smallest absolute Gasteiger partial charge is 0.253 e. The topological polar surface area (TPSA) is 9.86 Å². The van der Waals surface area contributed by atoms with Crippen LogP contribution in [0.15, 0.2) is 140 Å². The second-order valence-corrected chi connectivity index (χ2v) is 20.1. The summed E-state index contributed by atoms with van der Waals surface area (Å²) in [5.41, 5.74) is 18.6. The van der Waals surface area contributed by atoms with Gasteiger partial charge in [0.1, 0.15) is 11.6 Å². The van der Waals surface area contributed by atoms with Gasteiger partial charge in [-0.2, -0.15) is 0 Å². The number of hydrogen-bond acceptors (Lipinski definition) is 0. The van der Waals surface area contributed by atoms with E-state index in [1.807, 2.05) is 0 Å². The molecule has 4 heterocycles. The number of halogens is 2. The van der Waals surface area contributed by atoms with Gasteiger partial charge in [0.25, 0.3) is 6.71 Å². The van der Waals surface area contributed by atoms with Crippen molar-refractivity contribution in [1.82, 2.24) is 9.13 Å². The Bertz CT molecular complexity index is 3590. The lowest BCUT2D eigenvalue weighted by Gasteiger charge is -2.36. The first-order valence-electron chi connectivity index (χ1n) is 22.2. The minimum absolute atomic E-state index is 0.0192. The van der Waals surface area contributed by atoms with Crippen molar-refractivity contribution in [2.24, 2.45) is 0 Å². The summed E-state index contributed by atoms with van der Waals surface area (Å²) >= 11 is 0. The maximum absolute atomic E-state index is 16.3. The lowest BCUT2D eigenvalue weighted by atomic mass is 9.33. The van der Waals surface area contributed by atoms with E-state index in [0.29, 0.717) is 5.56 Å². The first-order chi connectivity index (χ1) is 30.2. The molecule has 0 saturated heterocycles. The Balaban J connectivity index is 1.38. The van der Waals surface area contributed by atoms with Crippen molar-refractivity contribution in [3.05, 3.63) is 173 Å². The van der Waals surface area contributed by atoms with Crippen molar-refractivity contribution in [3.63, 3.8) is 0 Å². The molecular formula is C58H47BF2N2. The molecule has 306 valence electrons. The van der Waals surface area contributed by atoms with Gasteiger partial charge in [0.2, 0.25) is 0 Å². The Kier molecular flexibility index (Phi) is 7.79. The number of aromatic nitrogens is 2. The van der Waals surface area contributed by atoms with Gasteiger partial charge in [0.15, 0.2) is 0 Å². The Morgan fingerprint density at radius 1 is 0.460 bits per heavy atom. The fourth-order valence-electron chi connectivity index (χ4n) is 11.2. The average Bonchev–Trinajstić information content (AvgIpc) is 3.76. The Labute approximate surface area is 367 Å². The molecule has 0 unspecified atom stereocenters. The normalized spacial score (nSPS) is 13.2. The predicted octanol–water partition coefficient (Wildman–Crippen LogP) is 13.5. The lowest BCUT2D eigenvalue weighted by molar-refractivity contribution is 0.589. The minimum atomic E-state index is -0.582. The summed E-state index contributed by atoms with van der Waals surface area (Å²) in [5, 5.41) is 5.93. The van der Waals surface area contributed by atoms with Crippen molar-refractivity contribution in [1.29, 1.82) is 0 Å². The molecule has 5 heteroatoms. The van der Waals surface area contributed by atoms with E-state index >= 15 is 8.78 Å². The summed E-state index contributed by atoms with van der Waals surface area (Å²) in [7, 11) is 0. The summed E-state index contributed by atoms with van der Waals surface area (Å²) in [6.45, 7) is 17.9. The summed E-state index contributed by atoms with van der Waals surface area (Å²) in [5.74, 6) is -1.16. The van der Waals surface area contributed by atoms with Crippen LogP contribution in [-0.4, -0.2) is 15.8 Å². The zero-order chi connectivity index (χ0) is 43.4. The highest BCUT2D eigenvalue weighted by Gasteiger charge is 2.44. The van der Waals surface area contributed by atoms with Gasteiger partial charge in [-0.05, 0) is 134 Å². The Hall–Kier alpha value is -6.72. The monoisotopic (exact) mass is 820 g/mol. The summed E-state index contributed by atoms with van der Waals surface area (Å²) in [6.07, 6.45) is 0. The Morgan fingerprint density at radius 2 is 1.10 bits per heavy atom. The molecule has 10 aromatic rings. The molecule has 63 heavy (non-hydrogen) atoms. The van der Waals surface area contributed by atoms with E-state index in [-0.39, 0.29) is 23.1 Å². The highest BCUT2D eigenvalue weighted by molar-refractivity contribution is 7.01. The number of benzene rings is 8. The van der Waals surface area contributed by atoms with Gasteiger partial charge >= 0.3 is 0 Å². The first kappa shape index (κ1) is 38.0. The maximum atomic E-state index is 16.3. The van der Waals surface area contributed by atoms with Crippen LogP contribution in [0.1, 0.15) is 63.8 Å². The molecule has 0 spiro atoms. The molecule has 0 amide bonds. The number of aryl methyl sites for hydroxylation is 2. The molecule has 0 atom stereocenters. The SMILES string of the molecule is Cc1cccc(C)c1-c1c(-c2ccccc2)c2cc3ccccc3c3c2n1-c1cc(-c2c(F)cccc2F)cc2c1B3c1cc(C(C)(C)C)cc3c4cc(C(C)(C)C)ccc4n-2c13. The van der Waals surface area contributed by atoms with Crippen LogP contribution in [0, 0.1) is 25.5 Å². The zero-order valence-electron chi connectivity index (χ0n) is 37.0. The zero-order valence-corrected chi connectivity index (χ0v) is 37.0. The van der Waals surface area contributed by atoms with Gasteiger partial charge in [-0.3, -0.25) is 0 Å².